The maximum Gasteiger partial charge on any atom is 0.262 e. The fourth-order valence-corrected chi connectivity index (χ4v) is 3.61. The second-order valence-electron chi connectivity index (χ2n) is 5.39. The third-order valence-corrected chi connectivity index (χ3v) is 4.75. The molecule has 2 aliphatic heterocycles. The summed E-state index contributed by atoms with van der Waals surface area (Å²) in [5.41, 5.74) is 2.73. The van der Waals surface area contributed by atoms with E-state index in [4.69, 9.17) is 4.98 Å². The van der Waals surface area contributed by atoms with Gasteiger partial charge in [-0.2, -0.15) is 0 Å². The highest BCUT2D eigenvalue weighted by atomic mass is 79.9. The summed E-state index contributed by atoms with van der Waals surface area (Å²) in [6.07, 6.45) is 5.20. The van der Waals surface area contributed by atoms with Gasteiger partial charge in [-0.3, -0.25) is 14.1 Å². The zero-order valence-electron chi connectivity index (χ0n) is 10.5. The predicted octanol–water partition coefficient (Wildman–Crippen LogP) is 1.98. The number of rotatable bonds is 0. The quantitative estimate of drug-likeness (QED) is 0.745. The first-order chi connectivity index (χ1) is 9.22. The first kappa shape index (κ1) is 11.6. The molecule has 1 atom stereocenters. The highest BCUT2D eigenvalue weighted by Crippen LogP contribution is 2.28. The van der Waals surface area contributed by atoms with Crippen molar-refractivity contribution in [3.63, 3.8) is 0 Å². The summed E-state index contributed by atoms with van der Waals surface area (Å²) in [5, 5.41) is 0. The van der Waals surface area contributed by atoms with Crippen LogP contribution in [0.15, 0.2) is 27.6 Å². The Bertz CT molecular complexity index is 724. The molecule has 4 heterocycles. The van der Waals surface area contributed by atoms with Gasteiger partial charge in [0, 0.05) is 29.7 Å². The Labute approximate surface area is 119 Å². The molecule has 98 valence electrons. The normalized spacial score (nSPS) is 22.5. The van der Waals surface area contributed by atoms with Crippen LogP contribution in [0.2, 0.25) is 0 Å². The first-order valence-electron chi connectivity index (χ1n) is 6.66. The minimum atomic E-state index is 0.0952. The van der Waals surface area contributed by atoms with Crippen molar-refractivity contribution in [3.8, 4) is 0 Å². The van der Waals surface area contributed by atoms with Crippen LogP contribution in [0.4, 0.5) is 0 Å². The highest BCUT2D eigenvalue weighted by molar-refractivity contribution is 9.10. The van der Waals surface area contributed by atoms with Crippen LogP contribution < -0.4 is 5.56 Å². The number of halogens is 1. The molecular weight excluding hydrogens is 306 g/mol. The first-order valence-corrected chi connectivity index (χ1v) is 7.45. The minimum absolute atomic E-state index is 0.0952. The lowest BCUT2D eigenvalue weighted by atomic mass is 10.00. The molecule has 19 heavy (non-hydrogen) atoms. The van der Waals surface area contributed by atoms with E-state index in [1.54, 1.807) is 10.6 Å². The van der Waals surface area contributed by atoms with E-state index in [0.717, 1.165) is 40.9 Å². The predicted molar refractivity (Wildman–Crippen MR) is 76.3 cm³/mol. The summed E-state index contributed by atoms with van der Waals surface area (Å²) in [6.45, 7) is 1.89. The number of pyridine rings is 1. The topological polar surface area (TPSA) is 37.6 Å². The van der Waals surface area contributed by atoms with E-state index in [0.29, 0.717) is 6.04 Å². The van der Waals surface area contributed by atoms with Gasteiger partial charge in [-0.15, -0.1) is 0 Å². The Morgan fingerprint density at radius 1 is 1.42 bits per heavy atom. The molecule has 2 aliphatic rings. The van der Waals surface area contributed by atoms with Crippen molar-refractivity contribution in [2.24, 2.45) is 0 Å². The van der Waals surface area contributed by atoms with Crippen LogP contribution in [0, 0.1) is 0 Å². The molecule has 0 spiro atoms. The van der Waals surface area contributed by atoms with E-state index in [1.807, 2.05) is 12.1 Å². The zero-order chi connectivity index (χ0) is 13.0. The number of fused-ring (bicyclic) bond motifs is 3. The summed E-state index contributed by atoms with van der Waals surface area (Å²) in [6, 6.07) is 4.38. The number of aromatic nitrogens is 2. The van der Waals surface area contributed by atoms with Gasteiger partial charge in [0.2, 0.25) is 0 Å². The SMILES string of the molecule is O=c1c2c(nc3cc(Br)ccn13)CC1CCCN1C2. The van der Waals surface area contributed by atoms with Gasteiger partial charge in [-0.1, -0.05) is 15.9 Å². The summed E-state index contributed by atoms with van der Waals surface area (Å²) >= 11 is 3.43. The maximum absolute atomic E-state index is 12.6. The maximum atomic E-state index is 12.6. The highest BCUT2D eigenvalue weighted by Gasteiger charge is 2.32. The van der Waals surface area contributed by atoms with Crippen molar-refractivity contribution in [2.45, 2.75) is 31.8 Å². The fourth-order valence-electron chi connectivity index (χ4n) is 3.28. The van der Waals surface area contributed by atoms with E-state index in [9.17, 15) is 4.79 Å². The van der Waals surface area contributed by atoms with Crippen LogP contribution in [0.5, 0.6) is 0 Å². The van der Waals surface area contributed by atoms with E-state index < -0.39 is 0 Å². The second-order valence-corrected chi connectivity index (χ2v) is 6.30. The second kappa shape index (κ2) is 4.15. The molecule has 0 N–H and O–H groups in total. The van der Waals surface area contributed by atoms with E-state index in [2.05, 4.69) is 20.8 Å². The summed E-state index contributed by atoms with van der Waals surface area (Å²) in [4.78, 5) is 19.7. The molecule has 0 bridgehead atoms. The van der Waals surface area contributed by atoms with Crippen molar-refractivity contribution in [3.05, 3.63) is 44.4 Å². The molecule has 2 aromatic heterocycles. The van der Waals surface area contributed by atoms with Gasteiger partial charge in [-0.25, -0.2) is 4.98 Å². The molecule has 4 rings (SSSR count). The van der Waals surface area contributed by atoms with Crippen LogP contribution >= 0.6 is 15.9 Å². The number of hydrogen-bond acceptors (Lipinski definition) is 3. The molecule has 0 saturated carbocycles. The number of nitrogens with zero attached hydrogens (tertiary/aromatic N) is 3. The largest absolute Gasteiger partial charge is 0.295 e. The van der Waals surface area contributed by atoms with Crippen LogP contribution in [0.3, 0.4) is 0 Å². The van der Waals surface area contributed by atoms with Gasteiger partial charge in [0.25, 0.3) is 5.56 Å². The Kier molecular flexibility index (Phi) is 2.53. The van der Waals surface area contributed by atoms with Crippen molar-refractivity contribution in [1.82, 2.24) is 14.3 Å². The summed E-state index contributed by atoms with van der Waals surface area (Å²) < 4.78 is 2.61. The average molecular weight is 320 g/mol. The van der Waals surface area contributed by atoms with Gasteiger partial charge in [0.05, 0.1) is 11.3 Å². The van der Waals surface area contributed by atoms with Crippen LogP contribution in [-0.2, 0) is 13.0 Å². The standard InChI is InChI=1S/C14H14BrN3O/c15-9-3-5-18-13(6-9)16-12-7-10-2-1-4-17(10)8-11(12)14(18)19/h3,5-6,10H,1-2,4,7-8H2. The van der Waals surface area contributed by atoms with Crippen molar-refractivity contribution in [1.29, 1.82) is 0 Å². The summed E-state index contributed by atoms with van der Waals surface area (Å²) in [5.74, 6) is 0. The third kappa shape index (κ3) is 1.75. The van der Waals surface area contributed by atoms with Gasteiger partial charge >= 0.3 is 0 Å². The van der Waals surface area contributed by atoms with Gasteiger partial charge < -0.3 is 0 Å². The summed E-state index contributed by atoms with van der Waals surface area (Å²) in [7, 11) is 0. The van der Waals surface area contributed by atoms with E-state index in [1.165, 1.54) is 12.8 Å². The smallest absolute Gasteiger partial charge is 0.262 e. The third-order valence-electron chi connectivity index (χ3n) is 4.26. The Hall–Kier alpha value is -1.20. The lowest BCUT2D eigenvalue weighted by molar-refractivity contribution is 0.223. The Morgan fingerprint density at radius 3 is 3.21 bits per heavy atom. The fraction of sp³-hybridized carbons (Fsp3) is 0.429. The lowest BCUT2D eigenvalue weighted by Crippen LogP contribution is -2.40. The van der Waals surface area contributed by atoms with Crippen molar-refractivity contribution < 1.29 is 0 Å². The van der Waals surface area contributed by atoms with Crippen LogP contribution in [0.25, 0.3) is 5.65 Å². The molecule has 1 unspecified atom stereocenters. The zero-order valence-corrected chi connectivity index (χ0v) is 12.1. The molecule has 0 aliphatic carbocycles. The van der Waals surface area contributed by atoms with Crippen molar-refractivity contribution in [2.75, 3.05) is 6.54 Å². The molecule has 0 aromatic carbocycles. The Balaban J connectivity index is 1.95. The van der Waals surface area contributed by atoms with E-state index in [-0.39, 0.29) is 5.56 Å². The number of hydrogen-bond donors (Lipinski definition) is 0. The molecule has 0 amide bonds. The molecule has 2 aromatic rings. The molecular formula is C14H14BrN3O. The molecule has 5 heteroatoms. The van der Waals surface area contributed by atoms with Crippen molar-refractivity contribution >= 4 is 21.6 Å². The molecule has 1 fully saturated rings. The monoisotopic (exact) mass is 319 g/mol. The lowest BCUT2D eigenvalue weighted by Gasteiger charge is -2.30. The van der Waals surface area contributed by atoms with Gasteiger partial charge in [-0.05, 0) is 31.5 Å². The van der Waals surface area contributed by atoms with Crippen LogP contribution in [0.1, 0.15) is 24.1 Å². The van der Waals surface area contributed by atoms with Gasteiger partial charge in [0.15, 0.2) is 0 Å². The molecule has 0 radical (unpaired) electrons. The average Bonchev–Trinajstić information content (AvgIpc) is 2.84. The van der Waals surface area contributed by atoms with E-state index >= 15 is 0 Å². The minimum Gasteiger partial charge on any atom is -0.295 e. The van der Waals surface area contributed by atoms with Gasteiger partial charge in [0.1, 0.15) is 5.65 Å². The van der Waals surface area contributed by atoms with Crippen LogP contribution in [-0.4, -0.2) is 26.9 Å². The molecule has 4 nitrogen and oxygen atoms in total. The Morgan fingerprint density at radius 2 is 2.32 bits per heavy atom. The molecule has 1 saturated heterocycles.